The molecule has 0 fully saturated rings. The molecular weight excluding hydrogens is 244 g/mol. The Labute approximate surface area is 103 Å². The van der Waals surface area contributed by atoms with E-state index in [2.05, 4.69) is 10.3 Å². The van der Waals surface area contributed by atoms with Crippen molar-refractivity contribution in [2.45, 2.75) is 25.3 Å². The highest BCUT2D eigenvalue weighted by atomic mass is 16.4. The molecule has 0 aliphatic rings. The molecule has 1 atom stereocenters. The number of nitrogens with two attached hydrogens (primary N) is 2. The van der Waals surface area contributed by atoms with Crippen LogP contribution in [0.2, 0.25) is 0 Å². The second-order valence-electron chi connectivity index (χ2n) is 3.55. The van der Waals surface area contributed by atoms with Gasteiger partial charge < -0.3 is 15.5 Å². The van der Waals surface area contributed by atoms with E-state index < -0.39 is 30.3 Å². The van der Waals surface area contributed by atoms with E-state index in [0.29, 0.717) is 13.0 Å². The topological polar surface area (TPSA) is 170 Å². The molecule has 0 aliphatic carbocycles. The van der Waals surface area contributed by atoms with Gasteiger partial charge in [0.05, 0.1) is 6.54 Å². The monoisotopic (exact) mass is 261 g/mol. The maximum Gasteiger partial charge on any atom is 0.338 e. The zero-order chi connectivity index (χ0) is 14.1. The van der Waals surface area contributed by atoms with Crippen molar-refractivity contribution >= 4 is 23.8 Å². The number of carboxylic acid groups (broad SMARTS) is 2. The Morgan fingerprint density at radius 3 is 2.28 bits per heavy atom. The Balaban J connectivity index is 4.15. The highest BCUT2D eigenvalue weighted by Crippen LogP contribution is 1.97. The summed E-state index contributed by atoms with van der Waals surface area (Å²) in [6, 6.07) is -1.13. The van der Waals surface area contributed by atoms with Crippen LogP contribution in [0.5, 0.6) is 0 Å². The number of aliphatic carboxylic acids is 2. The largest absolute Gasteiger partial charge is 0.481 e. The van der Waals surface area contributed by atoms with Crippen LogP contribution in [-0.4, -0.2) is 46.6 Å². The third-order valence-corrected chi connectivity index (χ3v) is 1.94. The lowest BCUT2D eigenvalue weighted by molar-refractivity contribution is -0.459. The Hall–Kier alpha value is -2.32. The van der Waals surface area contributed by atoms with Crippen molar-refractivity contribution in [3.05, 3.63) is 0 Å². The summed E-state index contributed by atoms with van der Waals surface area (Å²) in [4.78, 5) is 34.8. The number of carbonyl (C=O) groups excluding carboxylic acids is 1. The zero-order valence-electron chi connectivity index (χ0n) is 9.68. The molecule has 102 valence electrons. The normalized spacial score (nSPS) is 11.3. The first-order chi connectivity index (χ1) is 8.32. The number of hydrogen-bond donors (Lipinski definition) is 6. The summed E-state index contributed by atoms with van der Waals surface area (Å²) in [6.07, 6.45) is -0.214. The van der Waals surface area contributed by atoms with E-state index >= 15 is 0 Å². The van der Waals surface area contributed by atoms with E-state index in [1.807, 2.05) is 0 Å². The second kappa shape index (κ2) is 7.87. The van der Waals surface area contributed by atoms with E-state index in [1.165, 1.54) is 0 Å². The average molecular weight is 261 g/mol. The van der Waals surface area contributed by atoms with Crippen LogP contribution < -0.4 is 21.8 Å². The molecule has 0 aliphatic heterocycles. The first kappa shape index (κ1) is 15.7. The highest BCUT2D eigenvalue weighted by molar-refractivity contribution is 5.95. The average Bonchev–Trinajstić information content (AvgIpc) is 2.20. The summed E-state index contributed by atoms with van der Waals surface area (Å²) in [6.45, 7) is 0.362. The van der Waals surface area contributed by atoms with Gasteiger partial charge in [0.2, 0.25) is 5.91 Å². The van der Waals surface area contributed by atoms with Gasteiger partial charge in [-0.25, -0.2) is 4.79 Å². The number of nitrogens with one attached hydrogen (secondary N) is 2. The molecule has 0 aromatic carbocycles. The van der Waals surface area contributed by atoms with Crippen molar-refractivity contribution < 1.29 is 29.6 Å². The predicted molar refractivity (Wildman–Crippen MR) is 60.3 cm³/mol. The number of amides is 1. The predicted octanol–water partition coefficient (Wildman–Crippen LogP) is -3.84. The standard InChI is InChI=1S/C9H16N4O5/c10-9(11)12-3-1-2-5(8(17)18)13-6(14)4-7(15)16/h5H,1-4H2,(H,13,14)(H,15,16)(H,17,18)(H4,10,11,12)/p+1/t5-/m1/s1. The van der Waals surface area contributed by atoms with Gasteiger partial charge in [0.15, 0.2) is 0 Å². The van der Waals surface area contributed by atoms with Crippen LogP contribution in [0.3, 0.4) is 0 Å². The fraction of sp³-hybridized carbons (Fsp3) is 0.556. The van der Waals surface area contributed by atoms with Gasteiger partial charge >= 0.3 is 17.9 Å². The minimum absolute atomic E-state index is 0.0248. The van der Waals surface area contributed by atoms with Gasteiger partial charge in [-0.1, -0.05) is 0 Å². The quantitative estimate of drug-likeness (QED) is 0.112. The molecular formula is C9H17N4O5+. The molecule has 0 rings (SSSR count). The molecule has 18 heavy (non-hydrogen) atoms. The lowest BCUT2D eigenvalue weighted by Crippen LogP contribution is -2.78. The van der Waals surface area contributed by atoms with Crippen LogP contribution in [0.25, 0.3) is 0 Å². The van der Waals surface area contributed by atoms with Gasteiger partial charge in [0.25, 0.3) is 0 Å². The van der Waals surface area contributed by atoms with E-state index in [-0.39, 0.29) is 12.4 Å². The summed E-state index contributed by atoms with van der Waals surface area (Å²) in [7, 11) is 0. The first-order valence-electron chi connectivity index (χ1n) is 5.18. The smallest absolute Gasteiger partial charge is 0.338 e. The number of hydrogen-bond acceptors (Lipinski definition) is 3. The minimum Gasteiger partial charge on any atom is -0.481 e. The van der Waals surface area contributed by atoms with Crippen LogP contribution in [-0.2, 0) is 14.4 Å². The molecule has 1 amide bonds. The second-order valence-corrected chi connectivity index (χ2v) is 3.55. The number of rotatable bonds is 8. The molecule has 8 N–H and O–H groups in total. The van der Waals surface area contributed by atoms with E-state index in [1.54, 1.807) is 0 Å². The van der Waals surface area contributed by atoms with Gasteiger partial charge in [-0.05, 0) is 12.8 Å². The van der Waals surface area contributed by atoms with Crippen LogP contribution in [0.15, 0.2) is 0 Å². The third-order valence-electron chi connectivity index (χ3n) is 1.94. The lowest BCUT2D eigenvalue weighted by atomic mass is 10.1. The van der Waals surface area contributed by atoms with E-state index in [0.717, 1.165) is 0 Å². The Morgan fingerprint density at radius 2 is 1.83 bits per heavy atom. The number of carbonyl (C=O) groups is 3. The van der Waals surface area contributed by atoms with Crippen molar-refractivity contribution in [3.63, 3.8) is 0 Å². The summed E-state index contributed by atoms with van der Waals surface area (Å²) >= 11 is 0. The van der Waals surface area contributed by atoms with Crippen LogP contribution in [0.4, 0.5) is 0 Å². The van der Waals surface area contributed by atoms with Crippen molar-refractivity contribution in [1.82, 2.24) is 5.32 Å². The minimum atomic E-state index is -1.32. The molecule has 0 saturated carbocycles. The maximum absolute atomic E-state index is 11.1. The molecule has 9 nitrogen and oxygen atoms in total. The zero-order valence-corrected chi connectivity index (χ0v) is 9.68. The SMILES string of the molecule is NC(N)=[NH+]CCC[C@@H](NC(=O)CC(=O)O)C(=O)O. The Bertz CT molecular complexity index is 351. The Kier molecular flexibility index (Phi) is 6.86. The van der Waals surface area contributed by atoms with Crippen LogP contribution in [0, 0.1) is 0 Å². The number of guanidine groups is 1. The number of carboxylic acids is 2. The van der Waals surface area contributed by atoms with Crippen molar-refractivity contribution in [1.29, 1.82) is 0 Å². The summed E-state index contributed by atoms with van der Waals surface area (Å²) < 4.78 is 0. The van der Waals surface area contributed by atoms with Crippen LogP contribution in [0.1, 0.15) is 19.3 Å². The summed E-state index contributed by atoms with van der Waals surface area (Å²) in [5.41, 5.74) is 10.3. The molecule has 9 heteroatoms. The van der Waals surface area contributed by atoms with Crippen LogP contribution >= 0.6 is 0 Å². The van der Waals surface area contributed by atoms with Crippen molar-refractivity contribution in [2.75, 3.05) is 6.54 Å². The molecule has 0 saturated heterocycles. The molecule has 0 unspecified atom stereocenters. The van der Waals surface area contributed by atoms with Crippen molar-refractivity contribution in [2.24, 2.45) is 11.5 Å². The molecule has 0 spiro atoms. The van der Waals surface area contributed by atoms with Crippen molar-refractivity contribution in [3.8, 4) is 0 Å². The van der Waals surface area contributed by atoms with Gasteiger partial charge in [0, 0.05) is 0 Å². The van der Waals surface area contributed by atoms with E-state index in [9.17, 15) is 14.4 Å². The molecule has 0 aromatic rings. The molecule has 0 bridgehead atoms. The maximum atomic E-state index is 11.1. The summed E-state index contributed by atoms with van der Waals surface area (Å²) in [5.74, 6) is -3.35. The summed E-state index contributed by atoms with van der Waals surface area (Å²) in [5, 5.41) is 19.3. The van der Waals surface area contributed by atoms with Gasteiger partial charge in [-0.15, -0.1) is 0 Å². The molecule has 0 aromatic heterocycles. The van der Waals surface area contributed by atoms with E-state index in [4.69, 9.17) is 21.7 Å². The molecule has 0 radical (unpaired) electrons. The van der Waals surface area contributed by atoms with Gasteiger partial charge in [0.1, 0.15) is 12.5 Å². The third kappa shape index (κ3) is 7.91. The fourth-order valence-electron chi connectivity index (χ4n) is 1.18. The lowest BCUT2D eigenvalue weighted by Gasteiger charge is -2.12. The Morgan fingerprint density at radius 1 is 1.22 bits per heavy atom. The highest BCUT2D eigenvalue weighted by Gasteiger charge is 2.20. The molecule has 0 heterocycles. The van der Waals surface area contributed by atoms with Gasteiger partial charge in [-0.2, -0.15) is 0 Å². The first-order valence-corrected chi connectivity index (χ1v) is 5.18. The fourth-order valence-corrected chi connectivity index (χ4v) is 1.18. The van der Waals surface area contributed by atoms with Gasteiger partial charge in [-0.3, -0.25) is 26.0 Å².